The van der Waals surface area contributed by atoms with Crippen LogP contribution in [0.25, 0.3) is 5.52 Å². The molecular weight excluding hydrogens is 587 g/mol. The Kier molecular flexibility index (Phi) is 17.1. The number of unbranched alkanes of at least 4 members (excludes halogenated alkanes) is 15. The van der Waals surface area contributed by atoms with Crippen molar-refractivity contribution in [2.75, 3.05) is 32.2 Å². The van der Waals surface area contributed by atoms with Crippen molar-refractivity contribution >= 4 is 19.2 Å². The number of hydrogen-bond acceptors (Lipinski definition) is 10. The Balaban J connectivity index is 1.15. The van der Waals surface area contributed by atoms with Crippen LogP contribution in [0.1, 0.15) is 121 Å². The molecule has 3 heterocycles. The summed E-state index contributed by atoms with van der Waals surface area (Å²) in [5, 5.41) is 25.1. The fourth-order valence-corrected chi connectivity index (χ4v) is 6.31. The van der Waals surface area contributed by atoms with Crippen molar-refractivity contribution in [3.05, 3.63) is 24.2 Å². The van der Waals surface area contributed by atoms with Gasteiger partial charge in [0.1, 0.15) is 36.3 Å². The van der Waals surface area contributed by atoms with Gasteiger partial charge in [-0.3, -0.25) is 9.05 Å². The summed E-state index contributed by atoms with van der Waals surface area (Å²) < 4.78 is 35.1. The number of nitrogens with zero attached hydrogens (tertiary/aromatic N) is 3. The summed E-state index contributed by atoms with van der Waals surface area (Å²) in [5.41, 5.74) is 6.83. The number of phosphoric acid groups is 1. The van der Waals surface area contributed by atoms with E-state index in [4.69, 9.17) is 24.3 Å². The number of rotatable bonds is 25. The summed E-state index contributed by atoms with van der Waals surface area (Å²) in [6.45, 7) is 2.44. The number of aromatic nitrogens is 3. The molecule has 13 heteroatoms. The summed E-state index contributed by atoms with van der Waals surface area (Å²) in [7, 11) is -4.41. The first-order chi connectivity index (χ1) is 21.3. The average Bonchev–Trinajstić information content (AvgIpc) is 3.56. The third kappa shape index (κ3) is 12.6. The van der Waals surface area contributed by atoms with Crippen LogP contribution in [0.15, 0.2) is 18.5 Å². The van der Waals surface area contributed by atoms with E-state index < -0.39 is 38.8 Å². The SMILES string of the molecule is CCCCCCCCCCCCCCCCCCOCCOP(=O)(O)OC[C@H]1O[C@@H](c2ccc3c(N)ncnn23)[C@H](O)[C@@H]1O. The van der Waals surface area contributed by atoms with Crippen LogP contribution in [0.5, 0.6) is 0 Å². The van der Waals surface area contributed by atoms with E-state index in [0.717, 1.165) is 12.8 Å². The molecule has 5 N–H and O–H groups in total. The Hall–Kier alpha value is -1.63. The lowest BCUT2D eigenvalue weighted by Gasteiger charge is -2.17. The van der Waals surface area contributed by atoms with Crippen molar-refractivity contribution in [1.29, 1.82) is 0 Å². The summed E-state index contributed by atoms with van der Waals surface area (Å²) >= 11 is 0. The van der Waals surface area contributed by atoms with Gasteiger partial charge in [0.2, 0.25) is 0 Å². The number of ether oxygens (including phenoxy) is 2. The van der Waals surface area contributed by atoms with Gasteiger partial charge in [-0.1, -0.05) is 103 Å². The second-order valence-corrected chi connectivity index (χ2v) is 13.2. The lowest BCUT2D eigenvalue weighted by atomic mass is 10.0. The molecule has 44 heavy (non-hydrogen) atoms. The van der Waals surface area contributed by atoms with Crippen LogP contribution in [0.4, 0.5) is 5.82 Å². The molecule has 2 aromatic heterocycles. The third-order valence-corrected chi connectivity index (χ3v) is 9.18. The van der Waals surface area contributed by atoms with Crippen LogP contribution in [-0.2, 0) is 23.1 Å². The van der Waals surface area contributed by atoms with E-state index in [2.05, 4.69) is 17.0 Å². The quantitative estimate of drug-likeness (QED) is 0.0752. The minimum absolute atomic E-state index is 0.108. The van der Waals surface area contributed by atoms with Gasteiger partial charge in [-0.2, -0.15) is 5.10 Å². The number of aliphatic hydroxyl groups excluding tert-OH is 2. The van der Waals surface area contributed by atoms with E-state index >= 15 is 0 Å². The predicted molar refractivity (Wildman–Crippen MR) is 169 cm³/mol. The minimum atomic E-state index is -4.41. The minimum Gasteiger partial charge on any atom is -0.387 e. The van der Waals surface area contributed by atoms with Gasteiger partial charge in [0, 0.05) is 6.61 Å². The van der Waals surface area contributed by atoms with Crippen LogP contribution in [0.3, 0.4) is 0 Å². The van der Waals surface area contributed by atoms with Crippen LogP contribution < -0.4 is 5.73 Å². The molecule has 3 rings (SSSR count). The highest BCUT2D eigenvalue weighted by molar-refractivity contribution is 7.47. The molecule has 2 aromatic rings. The highest BCUT2D eigenvalue weighted by Gasteiger charge is 2.45. The highest BCUT2D eigenvalue weighted by Crippen LogP contribution is 2.44. The molecule has 0 aliphatic carbocycles. The Morgan fingerprint density at radius 2 is 1.43 bits per heavy atom. The van der Waals surface area contributed by atoms with Gasteiger partial charge in [0.15, 0.2) is 5.82 Å². The number of aliphatic hydroxyl groups is 2. The maximum Gasteiger partial charge on any atom is 0.472 e. The first kappa shape index (κ1) is 36.8. The fourth-order valence-electron chi connectivity index (χ4n) is 5.59. The predicted octanol–water partition coefficient (Wildman–Crippen LogP) is 5.88. The van der Waals surface area contributed by atoms with E-state index in [1.54, 1.807) is 12.1 Å². The molecule has 1 aliphatic rings. The summed E-state index contributed by atoms with van der Waals surface area (Å²) in [6.07, 6.45) is 17.6. The smallest absolute Gasteiger partial charge is 0.387 e. The molecule has 12 nitrogen and oxygen atoms in total. The van der Waals surface area contributed by atoms with Gasteiger partial charge in [0.05, 0.1) is 25.5 Å². The van der Waals surface area contributed by atoms with Crippen LogP contribution in [0, 0.1) is 0 Å². The van der Waals surface area contributed by atoms with E-state index in [9.17, 15) is 19.7 Å². The first-order valence-corrected chi connectivity index (χ1v) is 18.1. The topological polar surface area (TPSA) is 171 Å². The Bertz CT molecular complexity index is 1110. The molecular formula is C31H55N4O8P. The van der Waals surface area contributed by atoms with Gasteiger partial charge in [-0.15, -0.1) is 0 Å². The molecule has 1 unspecified atom stereocenters. The maximum atomic E-state index is 12.3. The fraction of sp³-hybridized carbons (Fsp3) is 0.806. The number of nitrogen functional groups attached to an aromatic ring is 1. The maximum absolute atomic E-state index is 12.3. The van der Waals surface area contributed by atoms with E-state index in [0.29, 0.717) is 17.8 Å². The summed E-state index contributed by atoms with van der Waals surface area (Å²) in [4.78, 5) is 13.9. The zero-order chi connectivity index (χ0) is 31.6. The monoisotopic (exact) mass is 642 g/mol. The van der Waals surface area contributed by atoms with E-state index in [-0.39, 0.29) is 19.0 Å². The molecule has 0 aromatic carbocycles. The summed E-state index contributed by atoms with van der Waals surface area (Å²) in [6, 6.07) is 3.33. The van der Waals surface area contributed by atoms with Gasteiger partial charge in [-0.05, 0) is 18.6 Å². The zero-order valence-corrected chi connectivity index (χ0v) is 27.3. The third-order valence-electron chi connectivity index (χ3n) is 8.19. The van der Waals surface area contributed by atoms with Gasteiger partial charge in [0.25, 0.3) is 0 Å². The normalized spacial score (nSPS) is 21.7. The van der Waals surface area contributed by atoms with Crippen molar-refractivity contribution in [1.82, 2.24) is 14.6 Å². The first-order valence-electron chi connectivity index (χ1n) is 16.6. The number of hydrogen-bond donors (Lipinski definition) is 4. The van der Waals surface area contributed by atoms with Crippen LogP contribution in [-0.4, -0.2) is 74.4 Å². The van der Waals surface area contributed by atoms with Crippen molar-refractivity contribution in [3.63, 3.8) is 0 Å². The Labute approximate surface area is 262 Å². The largest absolute Gasteiger partial charge is 0.472 e. The van der Waals surface area contributed by atoms with Crippen molar-refractivity contribution in [3.8, 4) is 0 Å². The molecule has 1 fully saturated rings. The molecule has 0 spiro atoms. The Morgan fingerprint density at radius 1 is 0.841 bits per heavy atom. The average molecular weight is 643 g/mol. The summed E-state index contributed by atoms with van der Waals surface area (Å²) in [5.74, 6) is 0.256. The van der Waals surface area contributed by atoms with Gasteiger partial charge >= 0.3 is 7.82 Å². The molecule has 252 valence electrons. The van der Waals surface area contributed by atoms with Gasteiger partial charge < -0.3 is 30.3 Å². The molecule has 5 atom stereocenters. The number of nitrogens with two attached hydrogens (primary N) is 1. The van der Waals surface area contributed by atoms with Crippen molar-refractivity contribution in [2.45, 2.75) is 134 Å². The van der Waals surface area contributed by atoms with Crippen LogP contribution in [0.2, 0.25) is 0 Å². The second-order valence-electron chi connectivity index (χ2n) is 11.8. The molecule has 0 bridgehead atoms. The van der Waals surface area contributed by atoms with Crippen LogP contribution >= 0.6 is 7.82 Å². The van der Waals surface area contributed by atoms with Crippen molar-refractivity contribution < 1.29 is 38.2 Å². The number of phosphoric ester groups is 1. The van der Waals surface area contributed by atoms with Gasteiger partial charge in [-0.25, -0.2) is 14.1 Å². The zero-order valence-electron chi connectivity index (χ0n) is 26.4. The molecule has 0 amide bonds. The van der Waals surface area contributed by atoms with E-state index in [1.165, 1.54) is 101 Å². The Morgan fingerprint density at radius 3 is 2.05 bits per heavy atom. The van der Waals surface area contributed by atoms with Crippen molar-refractivity contribution in [2.24, 2.45) is 0 Å². The second kappa shape index (κ2) is 20.5. The standard InChI is InChI=1S/C31H55N4O8P/c1-2-3-4-5-6-7-8-9-10-11-12-13-14-15-16-17-20-40-21-22-41-44(38,39)42-23-27-28(36)29(37)30(43-27)25-18-19-26-31(32)33-24-34-35(25)26/h18-19,24,27-30,36-37H,2-17,20-23H2,1H3,(H,38,39)(H2,32,33,34)/t27-,28-,29-,30+/m1/s1. The lowest BCUT2D eigenvalue weighted by Crippen LogP contribution is -2.33. The lowest BCUT2D eigenvalue weighted by molar-refractivity contribution is -0.0270. The molecule has 1 saturated heterocycles. The molecule has 1 aliphatic heterocycles. The number of anilines is 1. The van der Waals surface area contributed by atoms with E-state index in [1.807, 2.05) is 0 Å². The molecule has 0 radical (unpaired) electrons. The molecule has 0 saturated carbocycles. The number of fused-ring (bicyclic) bond motifs is 1. The highest BCUT2D eigenvalue weighted by atomic mass is 31.2.